The van der Waals surface area contributed by atoms with Crippen LogP contribution in [0.15, 0.2) is 24.3 Å². The Bertz CT molecular complexity index is 675. The van der Waals surface area contributed by atoms with Gasteiger partial charge in [-0.15, -0.1) is 0 Å². The van der Waals surface area contributed by atoms with Gasteiger partial charge in [-0.05, 0) is 24.3 Å². The van der Waals surface area contributed by atoms with E-state index < -0.39 is 74.6 Å². The van der Waals surface area contributed by atoms with Crippen LogP contribution in [0.4, 0.5) is 5.69 Å². The number of hydrogen-bond donors (Lipinski definition) is 8. The SMILES string of the molecule is Nc1ccc(O[C@@H]2[C@@H](O[C@H]3O[C@H](CO)[C@H](O)[C@H](O)[C@H]3O)[C@@H](O)[C@@H](CO)O[C@@H]2O)cc1. The second-order valence-corrected chi connectivity index (χ2v) is 7.19. The van der Waals surface area contributed by atoms with Crippen LogP contribution < -0.4 is 10.5 Å². The van der Waals surface area contributed by atoms with Gasteiger partial charge in [-0.25, -0.2) is 0 Å². The average Bonchev–Trinajstić information content (AvgIpc) is 2.74. The Morgan fingerprint density at radius 3 is 1.97 bits per heavy atom. The molecule has 9 N–H and O–H groups in total. The molecule has 2 aliphatic rings. The molecule has 0 amide bonds. The summed E-state index contributed by atoms with van der Waals surface area (Å²) in [7, 11) is 0. The molecule has 2 saturated heterocycles. The quantitative estimate of drug-likeness (QED) is 0.204. The first-order valence-corrected chi connectivity index (χ1v) is 9.37. The summed E-state index contributed by atoms with van der Waals surface area (Å²) in [6.07, 6.45) is -15.0. The lowest BCUT2D eigenvalue weighted by molar-refractivity contribution is -0.352. The first-order valence-electron chi connectivity index (χ1n) is 9.37. The molecule has 0 saturated carbocycles. The van der Waals surface area contributed by atoms with Gasteiger partial charge in [0.15, 0.2) is 18.7 Å². The second-order valence-electron chi connectivity index (χ2n) is 7.19. The van der Waals surface area contributed by atoms with Crippen LogP contribution in [0.5, 0.6) is 5.75 Å². The summed E-state index contributed by atoms with van der Waals surface area (Å²) in [5.74, 6) is 0.258. The maximum Gasteiger partial charge on any atom is 0.195 e. The lowest BCUT2D eigenvalue weighted by Crippen LogP contribution is -2.65. The van der Waals surface area contributed by atoms with Crippen LogP contribution in [-0.2, 0) is 14.2 Å². The van der Waals surface area contributed by atoms with Crippen LogP contribution in [0.2, 0.25) is 0 Å². The zero-order chi connectivity index (χ0) is 22.0. The number of benzene rings is 1. The molecule has 0 aromatic heterocycles. The number of aliphatic hydroxyl groups excluding tert-OH is 7. The van der Waals surface area contributed by atoms with Crippen LogP contribution in [0.1, 0.15) is 0 Å². The van der Waals surface area contributed by atoms with Crippen molar-refractivity contribution in [1.29, 1.82) is 0 Å². The third kappa shape index (κ3) is 4.68. The first kappa shape index (κ1) is 23.1. The largest absolute Gasteiger partial charge is 0.482 e. The summed E-state index contributed by atoms with van der Waals surface area (Å²) < 4.78 is 21.8. The van der Waals surface area contributed by atoms with Crippen molar-refractivity contribution < 1.29 is 54.7 Å². The number of aliphatic hydroxyl groups is 7. The minimum absolute atomic E-state index is 0.258. The summed E-state index contributed by atoms with van der Waals surface area (Å²) in [6, 6.07) is 6.12. The topological polar surface area (TPSA) is 205 Å². The van der Waals surface area contributed by atoms with Gasteiger partial charge < -0.3 is 60.4 Å². The van der Waals surface area contributed by atoms with Crippen molar-refractivity contribution in [3.63, 3.8) is 0 Å². The van der Waals surface area contributed by atoms with Crippen molar-refractivity contribution in [3.05, 3.63) is 24.3 Å². The van der Waals surface area contributed by atoms with Gasteiger partial charge in [-0.2, -0.15) is 0 Å². The molecular formula is C18H27NO11. The van der Waals surface area contributed by atoms with E-state index in [1.165, 1.54) is 12.1 Å². The fraction of sp³-hybridized carbons (Fsp3) is 0.667. The van der Waals surface area contributed by atoms with Crippen molar-refractivity contribution in [2.24, 2.45) is 0 Å². The van der Waals surface area contributed by atoms with E-state index in [-0.39, 0.29) is 5.75 Å². The van der Waals surface area contributed by atoms with E-state index in [2.05, 4.69) is 0 Å². The van der Waals surface area contributed by atoms with E-state index >= 15 is 0 Å². The molecule has 0 spiro atoms. The Kier molecular flexibility index (Phi) is 7.47. The molecule has 1 aromatic rings. The molecule has 30 heavy (non-hydrogen) atoms. The fourth-order valence-corrected chi connectivity index (χ4v) is 3.38. The van der Waals surface area contributed by atoms with Crippen molar-refractivity contribution in [3.8, 4) is 5.75 Å². The average molecular weight is 433 g/mol. The molecule has 2 aliphatic heterocycles. The van der Waals surface area contributed by atoms with Gasteiger partial charge in [0, 0.05) is 5.69 Å². The van der Waals surface area contributed by atoms with Crippen molar-refractivity contribution in [2.75, 3.05) is 18.9 Å². The molecule has 2 heterocycles. The summed E-state index contributed by atoms with van der Waals surface area (Å²) in [6.45, 7) is -1.32. The first-order chi connectivity index (χ1) is 14.3. The van der Waals surface area contributed by atoms with E-state index in [9.17, 15) is 35.7 Å². The predicted octanol–water partition coefficient (Wildman–Crippen LogP) is -3.73. The van der Waals surface area contributed by atoms with Gasteiger partial charge in [-0.3, -0.25) is 0 Å². The molecule has 170 valence electrons. The smallest absolute Gasteiger partial charge is 0.195 e. The zero-order valence-corrected chi connectivity index (χ0v) is 15.8. The Labute approximate surface area is 171 Å². The third-order valence-electron chi connectivity index (χ3n) is 5.11. The molecule has 12 nitrogen and oxygen atoms in total. The minimum Gasteiger partial charge on any atom is -0.482 e. The minimum atomic E-state index is -1.74. The van der Waals surface area contributed by atoms with Crippen LogP contribution in [-0.4, -0.2) is 110 Å². The van der Waals surface area contributed by atoms with Crippen molar-refractivity contribution >= 4 is 5.69 Å². The molecule has 2 fully saturated rings. The van der Waals surface area contributed by atoms with E-state index in [4.69, 9.17) is 24.7 Å². The Morgan fingerprint density at radius 1 is 0.767 bits per heavy atom. The van der Waals surface area contributed by atoms with Crippen molar-refractivity contribution in [2.45, 2.75) is 61.4 Å². The number of rotatable bonds is 6. The highest BCUT2D eigenvalue weighted by Gasteiger charge is 2.51. The molecule has 12 heteroatoms. The monoisotopic (exact) mass is 433 g/mol. The Hall–Kier alpha value is -1.58. The summed E-state index contributed by atoms with van der Waals surface area (Å²) in [5.41, 5.74) is 6.10. The molecular weight excluding hydrogens is 406 g/mol. The van der Waals surface area contributed by atoms with Crippen molar-refractivity contribution in [1.82, 2.24) is 0 Å². The lowest BCUT2D eigenvalue weighted by Gasteiger charge is -2.46. The van der Waals surface area contributed by atoms with Gasteiger partial charge in [0.05, 0.1) is 13.2 Å². The normalized spacial score (nSPS) is 42.1. The summed E-state index contributed by atoms with van der Waals surface area (Å²) in [5, 5.41) is 69.7. The van der Waals surface area contributed by atoms with E-state index in [1.807, 2.05) is 0 Å². The number of hydrogen-bond acceptors (Lipinski definition) is 12. The fourth-order valence-electron chi connectivity index (χ4n) is 3.38. The van der Waals surface area contributed by atoms with Gasteiger partial charge >= 0.3 is 0 Å². The van der Waals surface area contributed by atoms with E-state index in [0.29, 0.717) is 5.69 Å². The standard InChI is InChI=1S/C18H27NO11/c19-7-1-3-8(4-2-7)27-16-15(12(23)10(6-21)28-17(16)26)30-18-14(25)13(24)11(22)9(5-20)29-18/h1-4,9-18,20-26H,5-6,19H2/t9-,10-,11+,12+,13+,14-,15+,16-,17+,18-/m1/s1. The number of nitrogens with two attached hydrogens (primary N) is 1. The summed E-state index contributed by atoms with van der Waals surface area (Å²) in [4.78, 5) is 0. The van der Waals surface area contributed by atoms with E-state index in [1.54, 1.807) is 12.1 Å². The van der Waals surface area contributed by atoms with Crippen LogP contribution in [0.3, 0.4) is 0 Å². The maximum atomic E-state index is 10.6. The third-order valence-corrected chi connectivity index (χ3v) is 5.11. The second kappa shape index (κ2) is 9.70. The van der Waals surface area contributed by atoms with Gasteiger partial charge in [-0.1, -0.05) is 0 Å². The molecule has 0 radical (unpaired) electrons. The molecule has 0 bridgehead atoms. The molecule has 0 unspecified atom stereocenters. The van der Waals surface area contributed by atoms with Gasteiger partial charge in [0.1, 0.15) is 48.5 Å². The van der Waals surface area contributed by atoms with E-state index in [0.717, 1.165) is 0 Å². The molecule has 1 aromatic carbocycles. The zero-order valence-electron chi connectivity index (χ0n) is 15.8. The molecule has 3 rings (SSSR count). The Morgan fingerprint density at radius 2 is 1.37 bits per heavy atom. The highest BCUT2D eigenvalue weighted by molar-refractivity contribution is 5.41. The lowest BCUT2D eigenvalue weighted by atomic mass is 9.97. The highest BCUT2D eigenvalue weighted by atomic mass is 16.7. The molecule has 0 aliphatic carbocycles. The molecule has 10 atom stereocenters. The van der Waals surface area contributed by atoms with Crippen LogP contribution in [0, 0.1) is 0 Å². The van der Waals surface area contributed by atoms with Crippen LogP contribution in [0.25, 0.3) is 0 Å². The number of nitrogen functional groups attached to an aromatic ring is 1. The maximum absolute atomic E-state index is 10.6. The van der Waals surface area contributed by atoms with Gasteiger partial charge in [0.25, 0.3) is 0 Å². The Balaban J connectivity index is 1.83. The number of ether oxygens (including phenoxy) is 4. The predicted molar refractivity (Wildman–Crippen MR) is 97.9 cm³/mol. The van der Waals surface area contributed by atoms with Crippen LogP contribution >= 0.6 is 0 Å². The van der Waals surface area contributed by atoms with Gasteiger partial charge in [0.2, 0.25) is 0 Å². The number of anilines is 1. The highest BCUT2D eigenvalue weighted by Crippen LogP contribution is 2.31. The summed E-state index contributed by atoms with van der Waals surface area (Å²) >= 11 is 0.